The van der Waals surface area contributed by atoms with E-state index in [1.54, 1.807) is 27.2 Å². The highest BCUT2D eigenvalue weighted by Gasteiger charge is 2.20. The fraction of sp³-hybridized carbons (Fsp3) is 0.273. The lowest BCUT2D eigenvalue weighted by Crippen LogP contribution is -2.44. The van der Waals surface area contributed by atoms with Crippen molar-refractivity contribution in [2.45, 2.75) is 13.0 Å². The van der Waals surface area contributed by atoms with E-state index in [0.29, 0.717) is 11.4 Å². The summed E-state index contributed by atoms with van der Waals surface area (Å²) in [5.74, 6) is -1.48. The van der Waals surface area contributed by atoms with Gasteiger partial charge in [0.25, 0.3) is 23.4 Å². The Balaban J connectivity index is 1.66. The fourth-order valence-electron chi connectivity index (χ4n) is 3.61. The van der Waals surface area contributed by atoms with E-state index in [-0.39, 0.29) is 35.4 Å². The van der Waals surface area contributed by atoms with E-state index in [9.17, 15) is 29.3 Å². The van der Waals surface area contributed by atoms with Crippen LogP contribution in [-0.2, 0) is 21.1 Å². The summed E-state index contributed by atoms with van der Waals surface area (Å²) in [6.07, 6.45) is 4.31. The molecule has 0 aromatic carbocycles. The van der Waals surface area contributed by atoms with E-state index >= 15 is 0 Å². The number of rotatable bonds is 9. The quantitative estimate of drug-likeness (QED) is 0.208. The van der Waals surface area contributed by atoms with Crippen LogP contribution < -0.4 is 27.0 Å². The van der Waals surface area contributed by atoms with Crippen molar-refractivity contribution >= 4 is 40.8 Å². The predicted molar refractivity (Wildman–Crippen MR) is 133 cm³/mol. The highest BCUT2D eigenvalue weighted by Crippen LogP contribution is 2.20. The van der Waals surface area contributed by atoms with Crippen LogP contribution in [0.3, 0.4) is 0 Å². The number of urea groups is 1. The number of hydrogen-bond donors (Lipinski definition) is 5. The lowest BCUT2D eigenvalue weighted by atomic mass is 10.3. The monoisotopic (exact) mass is 513 g/mol. The number of amides is 5. The van der Waals surface area contributed by atoms with Crippen molar-refractivity contribution in [3.8, 4) is 0 Å². The Morgan fingerprint density at radius 3 is 1.78 bits per heavy atom. The molecule has 0 spiro atoms. The molecule has 1 atom stereocenters. The van der Waals surface area contributed by atoms with Gasteiger partial charge in [0.2, 0.25) is 0 Å². The van der Waals surface area contributed by atoms with Gasteiger partial charge in [0, 0.05) is 52.2 Å². The lowest BCUT2D eigenvalue weighted by molar-refractivity contribution is -0.384. The second kappa shape index (κ2) is 10.7. The molecule has 0 aliphatic rings. The van der Waals surface area contributed by atoms with Crippen LogP contribution in [0.4, 0.5) is 21.9 Å². The molecule has 0 saturated heterocycles. The van der Waals surface area contributed by atoms with Gasteiger partial charge in [0.15, 0.2) is 0 Å². The van der Waals surface area contributed by atoms with Crippen molar-refractivity contribution in [1.29, 1.82) is 0 Å². The summed E-state index contributed by atoms with van der Waals surface area (Å²) >= 11 is 0. The van der Waals surface area contributed by atoms with Gasteiger partial charge in [-0.15, -0.1) is 0 Å². The minimum atomic E-state index is -0.696. The number of nitrogens with zero attached hydrogens (tertiary/aromatic N) is 4. The summed E-state index contributed by atoms with van der Waals surface area (Å²) in [7, 11) is 4.77. The molecule has 0 fully saturated rings. The highest BCUT2D eigenvalue weighted by atomic mass is 16.6. The molecule has 196 valence electrons. The standard InChI is InChI=1S/C22H27N9O6/c1-12(25-22(23)35)8-24-19(32)16-5-13(9-28(16)2)26-20(33)17-6-14(10-29(17)3)27-21(34)18-7-15(31(36)37)11-30(18)4/h5-7,9-12H,8H2,1-4H3,(H,24,32)(H,26,33)(H,27,34)(H3,23,25,35). The smallest absolute Gasteiger partial charge is 0.312 e. The van der Waals surface area contributed by atoms with Gasteiger partial charge in [-0.3, -0.25) is 24.5 Å². The molecular weight excluding hydrogens is 486 g/mol. The van der Waals surface area contributed by atoms with Gasteiger partial charge in [-0.1, -0.05) is 0 Å². The summed E-state index contributed by atoms with van der Waals surface area (Å²) in [6, 6.07) is 3.04. The molecule has 37 heavy (non-hydrogen) atoms. The number of aromatic nitrogens is 3. The van der Waals surface area contributed by atoms with Gasteiger partial charge in [-0.2, -0.15) is 0 Å². The minimum Gasteiger partial charge on any atom is -0.352 e. The van der Waals surface area contributed by atoms with Crippen molar-refractivity contribution in [3.63, 3.8) is 0 Å². The molecule has 3 aromatic rings. The van der Waals surface area contributed by atoms with Crippen molar-refractivity contribution in [3.05, 3.63) is 64.0 Å². The lowest BCUT2D eigenvalue weighted by Gasteiger charge is -2.13. The average molecular weight is 514 g/mol. The normalized spacial score (nSPS) is 11.5. The number of anilines is 2. The maximum Gasteiger partial charge on any atom is 0.312 e. The topological polar surface area (TPSA) is 200 Å². The molecule has 0 radical (unpaired) electrons. The van der Waals surface area contributed by atoms with Crippen LogP contribution in [0.5, 0.6) is 0 Å². The summed E-state index contributed by atoms with van der Waals surface area (Å²) < 4.78 is 4.37. The predicted octanol–water partition coefficient (Wildman–Crippen LogP) is 0.902. The third kappa shape index (κ3) is 6.33. The Bertz CT molecular complexity index is 1380. The molecule has 0 saturated carbocycles. The fourth-order valence-corrected chi connectivity index (χ4v) is 3.61. The minimum absolute atomic E-state index is 0.0800. The van der Waals surface area contributed by atoms with Crippen LogP contribution in [0.25, 0.3) is 0 Å². The second-order valence-corrected chi connectivity index (χ2v) is 8.43. The van der Waals surface area contributed by atoms with Gasteiger partial charge in [-0.25, -0.2) is 4.79 Å². The third-order valence-corrected chi connectivity index (χ3v) is 5.38. The first kappa shape index (κ1) is 26.5. The van der Waals surface area contributed by atoms with Gasteiger partial charge in [-0.05, 0) is 19.1 Å². The molecule has 3 rings (SSSR count). The van der Waals surface area contributed by atoms with Crippen molar-refractivity contribution in [2.24, 2.45) is 26.9 Å². The van der Waals surface area contributed by atoms with Crippen LogP contribution in [0.2, 0.25) is 0 Å². The van der Waals surface area contributed by atoms with E-state index in [2.05, 4.69) is 21.3 Å². The summed E-state index contributed by atoms with van der Waals surface area (Å²) in [4.78, 5) is 59.2. The molecule has 0 bridgehead atoms. The molecule has 0 aliphatic carbocycles. The van der Waals surface area contributed by atoms with E-state index in [1.165, 1.54) is 45.3 Å². The van der Waals surface area contributed by atoms with Gasteiger partial charge in [0.1, 0.15) is 17.1 Å². The van der Waals surface area contributed by atoms with E-state index in [1.807, 2.05) is 0 Å². The number of nitrogens with two attached hydrogens (primary N) is 1. The molecule has 6 N–H and O–H groups in total. The van der Waals surface area contributed by atoms with Gasteiger partial charge < -0.3 is 40.7 Å². The average Bonchev–Trinajstić information content (AvgIpc) is 3.48. The number of primary amides is 1. The Labute approximate surface area is 210 Å². The number of carbonyl (C=O) groups is 4. The molecule has 15 heteroatoms. The Kier molecular flexibility index (Phi) is 7.65. The van der Waals surface area contributed by atoms with Gasteiger partial charge in [0.05, 0.1) is 22.5 Å². The van der Waals surface area contributed by atoms with Crippen molar-refractivity contribution in [2.75, 3.05) is 17.2 Å². The summed E-state index contributed by atoms with van der Waals surface area (Å²) in [5.41, 5.74) is 6.10. The Hall–Kier alpha value is -5.08. The van der Waals surface area contributed by atoms with E-state index < -0.39 is 28.7 Å². The van der Waals surface area contributed by atoms with Crippen molar-refractivity contribution < 1.29 is 24.1 Å². The van der Waals surface area contributed by atoms with E-state index in [0.717, 1.165) is 6.07 Å². The number of nitrogens with one attached hydrogen (secondary N) is 4. The molecular formula is C22H27N9O6. The first-order chi connectivity index (χ1) is 17.3. The molecule has 5 amide bonds. The zero-order valence-corrected chi connectivity index (χ0v) is 20.6. The summed E-state index contributed by atoms with van der Waals surface area (Å²) in [5, 5.41) is 21.4. The van der Waals surface area contributed by atoms with Gasteiger partial charge >= 0.3 is 6.03 Å². The van der Waals surface area contributed by atoms with Crippen LogP contribution in [0.15, 0.2) is 36.8 Å². The molecule has 15 nitrogen and oxygen atoms in total. The maximum atomic E-state index is 12.9. The Morgan fingerprint density at radius 1 is 0.865 bits per heavy atom. The second-order valence-electron chi connectivity index (χ2n) is 8.43. The zero-order chi connectivity index (χ0) is 27.4. The first-order valence-electron chi connectivity index (χ1n) is 11.0. The molecule has 3 aromatic heterocycles. The zero-order valence-electron chi connectivity index (χ0n) is 20.6. The summed E-state index contributed by atoms with van der Waals surface area (Å²) in [6.45, 7) is 1.84. The number of hydrogen-bond acceptors (Lipinski definition) is 6. The van der Waals surface area contributed by atoms with E-state index in [4.69, 9.17) is 5.73 Å². The first-order valence-corrected chi connectivity index (χ1v) is 11.0. The molecule has 0 aliphatic heterocycles. The largest absolute Gasteiger partial charge is 0.352 e. The molecule has 1 unspecified atom stereocenters. The molecule has 3 heterocycles. The SMILES string of the molecule is CC(CNC(=O)c1cc(NC(=O)c2cc(NC(=O)c3cc([N+](=O)[O-])cn3C)cn2C)cn1C)NC(N)=O. The van der Waals surface area contributed by atoms with Crippen LogP contribution >= 0.6 is 0 Å². The van der Waals surface area contributed by atoms with Crippen LogP contribution in [-0.4, -0.2) is 55.0 Å². The number of aryl methyl sites for hydroxylation is 3. The van der Waals surface area contributed by atoms with Crippen LogP contribution in [0.1, 0.15) is 38.4 Å². The highest BCUT2D eigenvalue weighted by molar-refractivity contribution is 6.07. The Morgan fingerprint density at radius 2 is 1.32 bits per heavy atom. The maximum absolute atomic E-state index is 12.9. The van der Waals surface area contributed by atoms with Crippen LogP contribution in [0, 0.1) is 10.1 Å². The third-order valence-electron chi connectivity index (χ3n) is 5.38. The number of nitro groups is 1. The number of carbonyl (C=O) groups excluding carboxylic acids is 4. The van der Waals surface area contributed by atoms with Crippen molar-refractivity contribution in [1.82, 2.24) is 24.3 Å².